The van der Waals surface area contributed by atoms with Crippen molar-refractivity contribution in [3.63, 3.8) is 0 Å². The lowest BCUT2D eigenvalue weighted by molar-refractivity contribution is -0.137. The van der Waals surface area contributed by atoms with E-state index in [0.29, 0.717) is 43.4 Å². The molecular formula is C26H30FN3O4. The summed E-state index contributed by atoms with van der Waals surface area (Å²) in [5, 5.41) is 4.78. The fourth-order valence-electron chi connectivity index (χ4n) is 4.08. The maximum absolute atomic E-state index is 13.6. The highest BCUT2D eigenvalue weighted by Gasteiger charge is 2.27. The number of hydrogen-bond donors (Lipinski definition) is 0. The topological polar surface area (TPSA) is 65.8 Å². The van der Waals surface area contributed by atoms with Crippen LogP contribution >= 0.6 is 0 Å². The van der Waals surface area contributed by atoms with Gasteiger partial charge in [0.05, 0.1) is 29.6 Å². The number of nitrogens with zero attached hydrogens (tertiary/aromatic N) is 3. The summed E-state index contributed by atoms with van der Waals surface area (Å²) in [6, 6.07) is 15.5. The normalized spacial score (nSPS) is 15.4. The molecule has 1 atom stereocenters. The molecule has 34 heavy (non-hydrogen) atoms. The van der Waals surface area contributed by atoms with E-state index in [9.17, 15) is 9.18 Å². The van der Waals surface area contributed by atoms with Gasteiger partial charge in [0.1, 0.15) is 18.2 Å². The molecule has 1 amide bonds. The highest BCUT2D eigenvalue weighted by molar-refractivity contribution is 5.77. The molecule has 0 bridgehead atoms. The van der Waals surface area contributed by atoms with Gasteiger partial charge in [-0.3, -0.25) is 4.79 Å². The third-order valence-electron chi connectivity index (χ3n) is 5.80. The van der Waals surface area contributed by atoms with Gasteiger partial charge in [-0.2, -0.15) is 5.10 Å². The van der Waals surface area contributed by atoms with E-state index in [-0.39, 0.29) is 24.4 Å². The van der Waals surface area contributed by atoms with Crippen molar-refractivity contribution in [2.45, 2.75) is 38.8 Å². The first kappa shape index (κ1) is 23.9. The van der Waals surface area contributed by atoms with Crippen molar-refractivity contribution in [1.82, 2.24) is 14.7 Å². The van der Waals surface area contributed by atoms with Crippen LogP contribution in [-0.2, 0) is 27.2 Å². The minimum atomic E-state index is -0.328. The lowest BCUT2D eigenvalue weighted by Crippen LogP contribution is -2.39. The Labute approximate surface area is 199 Å². The van der Waals surface area contributed by atoms with Gasteiger partial charge in [0.2, 0.25) is 11.8 Å². The summed E-state index contributed by atoms with van der Waals surface area (Å²) in [7, 11) is 1.51. The van der Waals surface area contributed by atoms with E-state index in [2.05, 4.69) is 0 Å². The van der Waals surface area contributed by atoms with E-state index in [1.54, 1.807) is 21.7 Å². The molecule has 0 saturated carbocycles. The van der Waals surface area contributed by atoms with Crippen LogP contribution in [0.4, 0.5) is 4.39 Å². The smallest absolute Gasteiger partial charge is 0.248 e. The number of carbonyl (C=O) groups excluding carboxylic acids is 1. The second-order valence-electron chi connectivity index (χ2n) is 8.23. The highest BCUT2D eigenvalue weighted by Crippen LogP contribution is 2.32. The molecule has 1 fully saturated rings. The lowest BCUT2D eigenvalue weighted by Gasteiger charge is -2.26. The van der Waals surface area contributed by atoms with E-state index in [4.69, 9.17) is 19.3 Å². The molecule has 2 aromatic carbocycles. The molecule has 3 aromatic rings. The third kappa shape index (κ3) is 5.63. The Hall–Kier alpha value is -3.23. The summed E-state index contributed by atoms with van der Waals surface area (Å²) in [5.41, 5.74) is 2.28. The number of methoxy groups -OCH3 is 1. The van der Waals surface area contributed by atoms with Crippen molar-refractivity contribution in [2.75, 3.05) is 26.9 Å². The van der Waals surface area contributed by atoms with Crippen molar-refractivity contribution in [3.05, 3.63) is 71.7 Å². The Kier molecular flexibility index (Phi) is 7.92. The fourth-order valence-corrected chi connectivity index (χ4v) is 4.08. The van der Waals surface area contributed by atoms with Crippen LogP contribution in [0.1, 0.15) is 31.0 Å². The van der Waals surface area contributed by atoms with Gasteiger partial charge in [-0.05, 0) is 55.7 Å². The van der Waals surface area contributed by atoms with Gasteiger partial charge in [-0.1, -0.05) is 25.1 Å². The Morgan fingerprint density at radius 1 is 1.21 bits per heavy atom. The number of carbonyl (C=O) groups is 1. The number of hydrogen-bond acceptors (Lipinski definition) is 5. The SMILES string of the molecule is CCc1nn(-c2ccc(F)cc2)c(Oc2ccccc2)c1CN(C[C@@H]1CCCO1)C(=O)COC. The van der Waals surface area contributed by atoms with E-state index in [1.807, 2.05) is 37.3 Å². The zero-order valence-electron chi connectivity index (χ0n) is 19.6. The zero-order valence-corrected chi connectivity index (χ0v) is 19.6. The minimum Gasteiger partial charge on any atom is -0.439 e. The molecule has 4 rings (SSSR count). The molecule has 0 unspecified atom stereocenters. The molecule has 2 heterocycles. The quantitative estimate of drug-likeness (QED) is 0.439. The first-order valence-corrected chi connectivity index (χ1v) is 11.6. The Morgan fingerprint density at radius 2 is 1.97 bits per heavy atom. The van der Waals surface area contributed by atoms with Crippen LogP contribution in [0, 0.1) is 5.82 Å². The Bertz CT molecular complexity index is 1080. The monoisotopic (exact) mass is 467 g/mol. The van der Waals surface area contributed by atoms with Crippen molar-refractivity contribution < 1.29 is 23.4 Å². The summed E-state index contributed by atoms with van der Waals surface area (Å²) in [4.78, 5) is 14.7. The van der Waals surface area contributed by atoms with Crippen LogP contribution in [0.15, 0.2) is 54.6 Å². The van der Waals surface area contributed by atoms with E-state index in [1.165, 1.54) is 19.2 Å². The number of aryl methyl sites for hydroxylation is 1. The number of rotatable bonds is 10. The average molecular weight is 468 g/mol. The number of para-hydroxylation sites is 1. The van der Waals surface area contributed by atoms with Gasteiger partial charge in [0, 0.05) is 20.3 Å². The van der Waals surface area contributed by atoms with Crippen molar-refractivity contribution in [1.29, 1.82) is 0 Å². The molecular weight excluding hydrogens is 437 g/mol. The second-order valence-corrected chi connectivity index (χ2v) is 8.23. The fraction of sp³-hybridized carbons (Fsp3) is 0.385. The summed E-state index contributed by atoms with van der Waals surface area (Å²) in [6.45, 7) is 3.47. The Morgan fingerprint density at radius 3 is 2.62 bits per heavy atom. The van der Waals surface area contributed by atoms with Gasteiger partial charge in [-0.25, -0.2) is 9.07 Å². The number of halogens is 1. The van der Waals surface area contributed by atoms with Crippen molar-refractivity contribution >= 4 is 5.91 Å². The van der Waals surface area contributed by atoms with Crippen LogP contribution in [0.5, 0.6) is 11.6 Å². The molecule has 1 aliphatic rings. The van der Waals surface area contributed by atoms with Crippen LogP contribution in [0.25, 0.3) is 5.69 Å². The second kappa shape index (κ2) is 11.3. The van der Waals surface area contributed by atoms with E-state index < -0.39 is 0 Å². The van der Waals surface area contributed by atoms with Crippen LogP contribution in [0.2, 0.25) is 0 Å². The molecule has 1 saturated heterocycles. The molecule has 7 nitrogen and oxygen atoms in total. The van der Waals surface area contributed by atoms with Crippen LogP contribution in [-0.4, -0.2) is 53.6 Å². The average Bonchev–Trinajstić information content (AvgIpc) is 3.48. The molecule has 0 aliphatic carbocycles. The summed E-state index contributed by atoms with van der Waals surface area (Å²) in [6.07, 6.45) is 2.54. The van der Waals surface area contributed by atoms with E-state index in [0.717, 1.165) is 24.1 Å². The van der Waals surface area contributed by atoms with Crippen LogP contribution < -0.4 is 4.74 Å². The van der Waals surface area contributed by atoms with Gasteiger partial charge in [0.25, 0.3) is 0 Å². The minimum absolute atomic E-state index is 0.00322. The number of amides is 1. The molecule has 0 spiro atoms. The molecule has 0 radical (unpaired) electrons. The third-order valence-corrected chi connectivity index (χ3v) is 5.80. The molecule has 1 aliphatic heterocycles. The summed E-state index contributed by atoms with van der Waals surface area (Å²) < 4.78 is 32.5. The molecule has 8 heteroatoms. The maximum Gasteiger partial charge on any atom is 0.248 e. The predicted molar refractivity (Wildman–Crippen MR) is 126 cm³/mol. The number of aromatic nitrogens is 2. The first-order chi connectivity index (χ1) is 16.6. The zero-order chi connectivity index (χ0) is 23.9. The predicted octanol–water partition coefficient (Wildman–Crippen LogP) is 4.52. The van der Waals surface area contributed by atoms with Crippen LogP contribution in [0.3, 0.4) is 0 Å². The summed E-state index contributed by atoms with van der Waals surface area (Å²) in [5.74, 6) is 0.686. The van der Waals surface area contributed by atoms with Crippen molar-refractivity contribution in [3.8, 4) is 17.3 Å². The first-order valence-electron chi connectivity index (χ1n) is 11.6. The van der Waals surface area contributed by atoms with Gasteiger partial charge < -0.3 is 19.1 Å². The van der Waals surface area contributed by atoms with Crippen molar-refractivity contribution in [2.24, 2.45) is 0 Å². The maximum atomic E-state index is 13.6. The lowest BCUT2D eigenvalue weighted by atomic mass is 10.1. The van der Waals surface area contributed by atoms with Gasteiger partial charge >= 0.3 is 0 Å². The molecule has 180 valence electrons. The number of ether oxygens (including phenoxy) is 3. The van der Waals surface area contributed by atoms with Gasteiger partial charge in [-0.15, -0.1) is 0 Å². The number of benzene rings is 2. The standard InChI is InChI=1S/C26H30FN3O4/c1-3-24-23(17-29(25(31)18-32-2)16-22-10-7-15-33-22)26(34-21-8-5-4-6-9-21)30(28-24)20-13-11-19(27)12-14-20/h4-6,8-9,11-14,22H,3,7,10,15-18H2,1-2H3/t22-/m0/s1. The molecule has 1 aromatic heterocycles. The van der Waals surface area contributed by atoms with Gasteiger partial charge in [0.15, 0.2) is 0 Å². The summed E-state index contributed by atoms with van der Waals surface area (Å²) >= 11 is 0. The largest absolute Gasteiger partial charge is 0.439 e. The molecule has 0 N–H and O–H groups in total. The highest BCUT2D eigenvalue weighted by atomic mass is 19.1. The van der Waals surface area contributed by atoms with E-state index >= 15 is 0 Å². The Balaban J connectivity index is 1.75.